The molecule has 0 aromatic rings. The van der Waals surface area contributed by atoms with Crippen molar-refractivity contribution in [3.05, 3.63) is 0 Å². The van der Waals surface area contributed by atoms with Crippen molar-refractivity contribution in [3.8, 4) is 0 Å². The third-order valence-electron chi connectivity index (χ3n) is 4.28. The normalized spacial score (nSPS) is 27.6. The lowest BCUT2D eigenvalue weighted by atomic mass is 9.85. The number of carbonyl (C=O) groups excluding carboxylic acids is 3. The third-order valence-corrected chi connectivity index (χ3v) is 4.28. The lowest BCUT2D eigenvalue weighted by Gasteiger charge is -2.47. The Bertz CT molecular complexity index is 441. The molecule has 3 atom stereocenters. The molecule has 22 heavy (non-hydrogen) atoms. The number of carbonyl (C=O) groups is 3. The summed E-state index contributed by atoms with van der Waals surface area (Å²) in [5.41, 5.74) is 0. The van der Waals surface area contributed by atoms with Crippen LogP contribution in [0.4, 0.5) is 4.79 Å². The van der Waals surface area contributed by atoms with Crippen molar-refractivity contribution < 1.29 is 19.1 Å². The Morgan fingerprint density at radius 3 is 2.73 bits per heavy atom. The summed E-state index contributed by atoms with van der Waals surface area (Å²) >= 11 is 0. The van der Waals surface area contributed by atoms with E-state index in [1.54, 1.807) is 11.8 Å². The standard InChI is InChI=1S/C15H25N3O4/c1-3-16-15(21)18-11-8-6-5-7-10(11)17-14(20)12(18)9-13(19)22-4-2/h10-12H,3-9H2,1-2H3,(H,16,21)(H,17,20)/t10-,11+,12+/m0/s1. The average Bonchev–Trinajstić information content (AvgIpc) is 2.48. The van der Waals surface area contributed by atoms with E-state index in [1.807, 2.05) is 6.92 Å². The number of piperazine rings is 1. The molecule has 1 saturated heterocycles. The summed E-state index contributed by atoms with van der Waals surface area (Å²) in [4.78, 5) is 38.2. The Labute approximate surface area is 130 Å². The Balaban J connectivity index is 2.20. The van der Waals surface area contributed by atoms with Gasteiger partial charge in [0.1, 0.15) is 6.04 Å². The van der Waals surface area contributed by atoms with Crippen LogP contribution in [0.1, 0.15) is 46.0 Å². The van der Waals surface area contributed by atoms with Crippen molar-refractivity contribution in [3.63, 3.8) is 0 Å². The molecule has 0 unspecified atom stereocenters. The van der Waals surface area contributed by atoms with Gasteiger partial charge in [-0.1, -0.05) is 12.8 Å². The van der Waals surface area contributed by atoms with E-state index in [-0.39, 0.29) is 37.0 Å². The lowest BCUT2D eigenvalue weighted by Crippen LogP contribution is -2.69. The van der Waals surface area contributed by atoms with Gasteiger partial charge >= 0.3 is 12.0 Å². The fourth-order valence-corrected chi connectivity index (χ4v) is 3.35. The molecule has 124 valence electrons. The van der Waals surface area contributed by atoms with Gasteiger partial charge in [-0.15, -0.1) is 0 Å². The summed E-state index contributed by atoms with van der Waals surface area (Å²) in [6, 6.07) is -1.12. The van der Waals surface area contributed by atoms with Gasteiger partial charge in [0.05, 0.1) is 19.1 Å². The molecule has 0 bridgehead atoms. The molecule has 2 N–H and O–H groups in total. The van der Waals surface area contributed by atoms with Gasteiger partial charge in [-0.3, -0.25) is 9.59 Å². The SMILES string of the molecule is CCNC(=O)N1[C@H](CC(=O)OCC)C(=O)N[C@H]2CCCC[C@H]21. The van der Waals surface area contributed by atoms with Crippen LogP contribution in [0.2, 0.25) is 0 Å². The summed E-state index contributed by atoms with van der Waals surface area (Å²) in [7, 11) is 0. The Morgan fingerprint density at radius 1 is 1.32 bits per heavy atom. The van der Waals surface area contributed by atoms with E-state index in [4.69, 9.17) is 4.74 Å². The number of rotatable bonds is 4. The van der Waals surface area contributed by atoms with Gasteiger partial charge in [-0.25, -0.2) is 4.79 Å². The quantitative estimate of drug-likeness (QED) is 0.751. The zero-order valence-electron chi connectivity index (χ0n) is 13.3. The van der Waals surface area contributed by atoms with Crippen LogP contribution in [0.5, 0.6) is 0 Å². The number of urea groups is 1. The highest BCUT2D eigenvalue weighted by atomic mass is 16.5. The molecule has 0 radical (unpaired) electrons. The maximum atomic E-state index is 12.4. The van der Waals surface area contributed by atoms with E-state index in [9.17, 15) is 14.4 Å². The number of nitrogens with zero attached hydrogens (tertiary/aromatic N) is 1. The molecule has 7 heteroatoms. The van der Waals surface area contributed by atoms with Gasteiger partial charge < -0.3 is 20.3 Å². The van der Waals surface area contributed by atoms with Crippen molar-refractivity contribution in [1.29, 1.82) is 0 Å². The maximum Gasteiger partial charge on any atom is 0.318 e. The Morgan fingerprint density at radius 2 is 2.05 bits per heavy atom. The second-order valence-corrected chi connectivity index (χ2v) is 5.73. The summed E-state index contributed by atoms with van der Waals surface area (Å²) in [6.45, 7) is 4.30. The fraction of sp³-hybridized carbons (Fsp3) is 0.800. The van der Waals surface area contributed by atoms with Gasteiger partial charge in [-0.2, -0.15) is 0 Å². The minimum Gasteiger partial charge on any atom is -0.466 e. The van der Waals surface area contributed by atoms with Crippen LogP contribution in [-0.2, 0) is 14.3 Å². The number of ether oxygens (including phenoxy) is 1. The lowest BCUT2D eigenvalue weighted by molar-refractivity contribution is -0.148. The van der Waals surface area contributed by atoms with Crippen LogP contribution < -0.4 is 10.6 Å². The van der Waals surface area contributed by atoms with E-state index in [1.165, 1.54) is 0 Å². The van der Waals surface area contributed by atoms with Gasteiger partial charge in [0.25, 0.3) is 0 Å². The fourth-order valence-electron chi connectivity index (χ4n) is 3.35. The van der Waals surface area contributed by atoms with Crippen LogP contribution in [0.25, 0.3) is 0 Å². The molecule has 1 saturated carbocycles. The molecule has 0 aromatic heterocycles. The average molecular weight is 311 g/mol. The monoisotopic (exact) mass is 311 g/mol. The first-order chi connectivity index (χ1) is 10.6. The first-order valence-electron chi connectivity index (χ1n) is 8.10. The smallest absolute Gasteiger partial charge is 0.318 e. The molecular formula is C15H25N3O4. The van der Waals surface area contributed by atoms with E-state index >= 15 is 0 Å². The van der Waals surface area contributed by atoms with Crippen LogP contribution in [0.15, 0.2) is 0 Å². The van der Waals surface area contributed by atoms with E-state index in [0.29, 0.717) is 6.54 Å². The Hall–Kier alpha value is -1.79. The number of esters is 1. The van der Waals surface area contributed by atoms with Gasteiger partial charge in [0.15, 0.2) is 0 Å². The van der Waals surface area contributed by atoms with Crippen molar-refractivity contribution >= 4 is 17.9 Å². The second kappa shape index (κ2) is 7.47. The number of nitrogens with one attached hydrogen (secondary N) is 2. The number of fused-ring (bicyclic) bond motifs is 1. The first kappa shape index (κ1) is 16.6. The predicted octanol–water partition coefficient (Wildman–Crippen LogP) is 0.781. The zero-order chi connectivity index (χ0) is 16.1. The molecule has 0 spiro atoms. The molecule has 3 amide bonds. The number of hydrogen-bond donors (Lipinski definition) is 2. The maximum absolute atomic E-state index is 12.4. The topological polar surface area (TPSA) is 87.7 Å². The van der Waals surface area contributed by atoms with Crippen molar-refractivity contribution in [2.45, 2.75) is 64.1 Å². The minimum atomic E-state index is -0.787. The molecule has 1 aliphatic heterocycles. The van der Waals surface area contributed by atoms with Crippen molar-refractivity contribution in [2.75, 3.05) is 13.2 Å². The van der Waals surface area contributed by atoms with Crippen LogP contribution in [-0.4, -0.2) is 54.1 Å². The summed E-state index contributed by atoms with van der Waals surface area (Å²) in [6.07, 6.45) is 3.70. The predicted molar refractivity (Wildman–Crippen MR) is 80.1 cm³/mol. The molecule has 2 fully saturated rings. The van der Waals surface area contributed by atoms with Gasteiger partial charge in [0.2, 0.25) is 5.91 Å². The second-order valence-electron chi connectivity index (χ2n) is 5.73. The number of hydrogen-bond acceptors (Lipinski definition) is 4. The summed E-state index contributed by atoms with van der Waals surface area (Å²) in [5, 5.41) is 5.73. The summed E-state index contributed by atoms with van der Waals surface area (Å²) < 4.78 is 4.94. The van der Waals surface area contributed by atoms with E-state index in [2.05, 4.69) is 10.6 Å². The molecule has 1 heterocycles. The van der Waals surface area contributed by atoms with E-state index in [0.717, 1.165) is 25.7 Å². The number of amides is 3. The van der Waals surface area contributed by atoms with Crippen molar-refractivity contribution in [2.24, 2.45) is 0 Å². The third kappa shape index (κ3) is 3.51. The molecule has 2 aliphatic rings. The highest BCUT2D eigenvalue weighted by Crippen LogP contribution is 2.29. The summed E-state index contributed by atoms with van der Waals surface area (Å²) in [5.74, 6) is -0.714. The molecular weight excluding hydrogens is 286 g/mol. The van der Waals surface area contributed by atoms with Gasteiger partial charge in [0, 0.05) is 12.6 Å². The van der Waals surface area contributed by atoms with E-state index < -0.39 is 12.0 Å². The zero-order valence-corrected chi connectivity index (χ0v) is 13.3. The molecule has 0 aromatic carbocycles. The molecule has 2 rings (SSSR count). The first-order valence-corrected chi connectivity index (χ1v) is 8.10. The largest absolute Gasteiger partial charge is 0.466 e. The van der Waals surface area contributed by atoms with Crippen LogP contribution in [0.3, 0.4) is 0 Å². The Kier molecular flexibility index (Phi) is 5.63. The van der Waals surface area contributed by atoms with Crippen molar-refractivity contribution in [1.82, 2.24) is 15.5 Å². The molecule has 7 nitrogen and oxygen atoms in total. The molecule has 1 aliphatic carbocycles. The van der Waals surface area contributed by atoms with Gasteiger partial charge in [-0.05, 0) is 26.7 Å². The highest BCUT2D eigenvalue weighted by molar-refractivity contribution is 5.92. The minimum absolute atomic E-state index is 0.0118. The van der Waals surface area contributed by atoms with Crippen LogP contribution >= 0.6 is 0 Å². The van der Waals surface area contributed by atoms with Crippen LogP contribution in [0, 0.1) is 0 Å². The highest BCUT2D eigenvalue weighted by Gasteiger charge is 2.45.